The van der Waals surface area contributed by atoms with Gasteiger partial charge in [-0.1, -0.05) is 0 Å². The molecule has 50 valence electrons. The van der Waals surface area contributed by atoms with Crippen LogP contribution in [0.25, 0.3) is 0 Å². The van der Waals surface area contributed by atoms with Gasteiger partial charge in [-0.15, -0.1) is 0 Å². The molecular weight excluding hydrogens is 122 g/mol. The highest BCUT2D eigenvalue weighted by atomic mass is 16.2. The first-order valence-corrected chi connectivity index (χ1v) is 2.28. The summed E-state index contributed by atoms with van der Waals surface area (Å²) < 4.78 is 0. The maximum Gasteiger partial charge on any atom is 0.221 e. The number of aliphatic hydroxyl groups excluding tert-OH is 1. The lowest BCUT2D eigenvalue weighted by Crippen LogP contribution is -2.19. The minimum atomic E-state index is -0.387. The number of rotatable bonds is 2. The predicted octanol–water partition coefficient (Wildman–Crippen LogP) is -0.279. The van der Waals surface area contributed by atoms with Gasteiger partial charge in [0.25, 0.3) is 0 Å². The second-order valence-electron chi connectivity index (χ2n) is 1.38. The highest BCUT2D eigenvalue weighted by molar-refractivity contribution is 5.83. The molecule has 0 bridgehead atoms. The van der Waals surface area contributed by atoms with Crippen LogP contribution in [0.5, 0.6) is 0 Å². The van der Waals surface area contributed by atoms with Crippen LogP contribution in [0, 0.1) is 0 Å². The molecule has 0 heterocycles. The van der Waals surface area contributed by atoms with Crippen molar-refractivity contribution in [1.82, 2.24) is 5.32 Å². The SMILES string of the molecule is CC(=O)N/C(C=O)=C\O. The molecule has 0 aromatic rings. The Balaban J connectivity index is 3.86. The largest absolute Gasteiger partial charge is 0.513 e. The van der Waals surface area contributed by atoms with E-state index in [4.69, 9.17) is 5.11 Å². The molecule has 9 heavy (non-hydrogen) atoms. The van der Waals surface area contributed by atoms with E-state index >= 15 is 0 Å². The normalized spacial score (nSPS) is 10.6. The molecule has 4 nitrogen and oxygen atoms in total. The van der Waals surface area contributed by atoms with Crippen LogP contribution in [-0.2, 0) is 9.59 Å². The van der Waals surface area contributed by atoms with Crippen molar-refractivity contribution in [3.63, 3.8) is 0 Å². The minimum Gasteiger partial charge on any atom is -0.513 e. The number of carbonyl (C=O) groups is 2. The highest BCUT2D eigenvalue weighted by Crippen LogP contribution is 1.77. The van der Waals surface area contributed by atoms with Gasteiger partial charge in [0.05, 0.1) is 0 Å². The van der Waals surface area contributed by atoms with Gasteiger partial charge in [-0.05, 0) is 0 Å². The van der Waals surface area contributed by atoms with Crippen molar-refractivity contribution >= 4 is 12.2 Å². The van der Waals surface area contributed by atoms with Crippen molar-refractivity contribution in [3.8, 4) is 0 Å². The maximum atomic E-state index is 10.2. The predicted molar refractivity (Wildman–Crippen MR) is 30.6 cm³/mol. The van der Waals surface area contributed by atoms with Gasteiger partial charge >= 0.3 is 0 Å². The summed E-state index contributed by atoms with van der Waals surface area (Å²) in [6, 6.07) is 0. The van der Waals surface area contributed by atoms with Gasteiger partial charge in [-0.25, -0.2) is 0 Å². The van der Waals surface area contributed by atoms with Crippen LogP contribution in [0.4, 0.5) is 0 Å². The molecule has 0 fully saturated rings. The smallest absolute Gasteiger partial charge is 0.221 e. The van der Waals surface area contributed by atoms with E-state index in [1.54, 1.807) is 0 Å². The number of allylic oxidation sites excluding steroid dienone is 1. The van der Waals surface area contributed by atoms with Crippen LogP contribution >= 0.6 is 0 Å². The molecule has 0 aliphatic rings. The summed E-state index contributed by atoms with van der Waals surface area (Å²) in [4.78, 5) is 20.0. The number of nitrogens with one attached hydrogen (secondary N) is 1. The average molecular weight is 129 g/mol. The van der Waals surface area contributed by atoms with Crippen LogP contribution in [0.2, 0.25) is 0 Å². The third-order valence-corrected chi connectivity index (χ3v) is 0.586. The summed E-state index contributed by atoms with van der Waals surface area (Å²) in [5, 5.41) is 10.3. The quantitative estimate of drug-likeness (QED) is 0.306. The molecule has 0 spiro atoms. The van der Waals surface area contributed by atoms with E-state index in [0.29, 0.717) is 12.5 Å². The van der Waals surface area contributed by atoms with Crippen molar-refractivity contribution in [1.29, 1.82) is 0 Å². The summed E-state index contributed by atoms with van der Waals surface area (Å²) in [6.45, 7) is 1.24. The van der Waals surface area contributed by atoms with Gasteiger partial charge in [0.2, 0.25) is 5.91 Å². The monoisotopic (exact) mass is 129 g/mol. The van der Waals surface area contributed by atoms with Crippen molar-refractivity contribution in [2.75, 3.05) is 0 Å². The molecule has 0 aromatic carbocycles. The fourth-order valence-electron chi connectivity index (χ4n) is 0.295. The molecule has 0 saturated carbocycles. The van der Waals surface area contributed by atoms with Crippen LogP contribution in [0.3, 0.4) is 0 Å². The zero-order chi connectivity index (χ0) is 7.28. The standard InChI is InChI=1S/C5H7NO3/c1-4(9)6-5(2-7)3-8/h2-3,7H,1H3,(H,6,9)/b5-2-. The molecule has 0 rings (SSSR count). The van der Waals surface area contributed by atoms with E-state index in [2.05, 4.69) is 5.32 Å². The van der Waals surface area contributed by atoms with E-state index in [9.17, 15) is 9.59 Å². The molecule has 0 saturated heterocycles. The molecular formula is C5H7NO3. The van der Waals surface area contributed by atoms with E-state index < -0.39 is 0 Å². The second-order valence-corrected chi connectivity index (χ2v) is 1.38. The number of aldehydes is 1. The van der Waals surface area contributed by atoms with Crippen molar-refractivity contribution in [2.24, 2.45) is 0 Å². The van der Waals surface area contributed by atoms with Gasteiger partial charge in [0, 0.05) is 6.92 Å². The fourth-order valence-corrected chi connectivity index (χ4v) is 0.295. The average Bonchev–Trinajstić information content (AvgIpc) is 1.82. The first kappa shape index (κ1) is 7.68. The third kappa shape index (κ3) is 3.28. The fraction of sp³-hybridized carbons (Fsp3) is 0.200. The molecule has 0 aromatic heterocycles. The number of carbonyl (C=O) groups excluding carboxylic acids is 2. The Morgan fingerprint density at radius 2 is 2.22 bits per heavy atom. The first-order valence-electron chi connectivity index (χ1n) is 2.28. The molecule has 0 atom stereocenters. The molecule has 1 amide bonds. The summed E-state index contributed by atoms with van der Waals surface area (Å²) in [6.07, 6.45) is 0.885. The van der Waals surface area contributed by atoms with Crippen LogP contribution in [0.15, 0.2) is 12.0 Å². The Labute approximate surface area is 52.2 Å². The lowest BCUT2D eigenvalue weighted by atomic mass is 10.5. The molecule has 0 radical (unpaired) electrons. The third-order valence-electron chi connectivity index (χ3n) is 0.586. The van der Waals surface area contributed by atoms with Gasteiger partial charge in [-0.3, -0.25) is 9.59 Å². The van der Waals surface area contributed by atoms with Crippen LogP contribution in [0.1, 0.15) is 6.92 Å². The zero-order valence-corrected chi connectivity index (χ0v) is 4.92. The van der Waals surface area contributed by atoms with Crippen molar-refractivity contribution < 1.29 is 14.7 Å². The Bertz CT molecular complexity index is 150. The van der Waals surface area contributed by atoms with Crippen molar-refractivity contribution in [2.45, 2.75) is 6.92 Å². The summed E-state index contributed by atoms with van der Waals surface area (Å²) in [5.41, 5.74) is -0.137. The Morgan fingerprint density at radius 3 is 2.33 bits per heavy atom. The molecule has 0 aliphatic heterocycles. The Morgan fingerprint density at radius 1 is 1.67 bits per heavy atom. The Hall–Kier alpha value is -1.32. The van der Waals surface area contributed by atoms with Crippen LogP contribution in [-0.4, -0.2) is 17.3 Å². The molecule has 2 N–H and O–H groups in total. The van der Waals surface area contributed by atoms with Gasteiger partial charge < -0.3 is 10.4 Å². The summed E-state index contributed by atoms with van der Waals surface area (Å²) >= 11 is 0. The topological polar surface area (TPSA) is 66.4 Å². The highest BCUT2D eigenvalue weighted by Gasteiger charge is 1.94. The maximum absolute atomic E-state index is 10.2. The second kappa shape index (κ2) is 3.65. The summed E-state index contributed by atoms with van der Waals surface area (Å²) in [5.74, 6) is -0.387. The number of amides is 1. The lowest BCUT2D eigenvalue weighted by molar-refractivity contribution is -0.119. The van der Waals surface area contributed by atoms with E-state index in [0.717, 1.165) is 0 Å². The van der Waals surface area contributed by atoms with Crippen molar-refractivity contribution in [3.05, 3.63) is 12.0 Å². The number of aliphatic hydroxyl groups is 1. The summed E-state index contributed by atoms with van der Waals surface area (Å²) in [7, 11) is 0. The van der Waals surface area contributed by atoms with Gasteiger partial charge in [0.15, 0.2) is 6.29 Å². The molecule has 4 heteroatoms. The van der Waals surface area contributed by atoms with Gasteiger partial charge in [-0.2, -0.15) is 0 Å². The lowest BCUT2D eigenvalue weighted by Gasteiger charge is -1.94. The number of hydrogen-bond acceptors (Lipinski definition) is 3. The van der Waals surface area contributed by atoms with Gasteiger partial charge in [0.1, 0.15) is 12.0 Å². The first-order chi connectivity index (χ1) is 4.20. The van der Waals surface area contributed by atoms with E-state index in [-0.39, 0.29) is 11.6 Å². The molecule has 0 aliphatic carbocycles. The van der Waals surface area contributed by atoms with E-state index in [1.807, 2.05) is 0 Å². The minimum absolute atomic E-state index is 0.137. The number of hydrogen-bond donors (Lipinski definition) is 2. The van der Waals surface area contributed by atoms with E-state index in [1.165, 1.54) is 6.92 Å². The zero-order valence-electron chi connectivity index (χ0n) is 4.92. The Kier molecular flexibility index (Phi) is 3.12. The van der Waals surface area contributed by atoms with Crippen LogP contribution < -0.4 is 5.32 Å². The molecule has 0 unspecified atom stereocenters.